The van der Waals surface area contributed by atoms with Gasteiger partial charge in [0.05, 0.1) is 0 Å². The molecule has 0 aromatic carbocycles. The molecular formula is C4H7NaO3. The first-order chi connectivity index (χ1) is 3.31. The molecule has 0 aliphatic rings. The molecule has 4 heteroatoms. The van der Waals surface area contributed by atoms with Gasteiger partial charge in [0.1, 0.15) is 0 Å². The fourth-order valence-corrected chi connectivity index (χ4v) is 0.137. The average molecular weight is 126 g/mol. The van der Waals surface area contributed by atoms with Crippen molar-refractivity contribution in [3.8, 4) is 0 Å². The Bertz CT molecular complexity index is 85.9. The molecule has 0 radical (unpaired) electrons. The fraction of sp³-hybridized carbons (Fsp3) is 0.500. The number of carbonyl (C=O) groups excluding carboxylic acids is 2. The third-order valence-electron chi connectivity index (χ3n) is 0.468. The van der Waals surface area contributed by atoms with Gasteiger partial charge < -0.3 is 6.16 Å². The quantitative estimate of drug-likeness (QED) is 0.174. The molecule has 0 bridgehead atoms. The third kappa shape index (κ3) is 6.14. The summed E-state index contributed by atoms with van der Waals surface area (Å²) >= 11 is 0. The molecule has 0 atom stereocenters. The van der Waals surface area contributed by atoms with Crippen molar-refractivity contribution in [2.24, 2.45) is 0 Å². The van der Waals surface area contributed by atoms with Crippen LogP contribution in [-0.4, -0.2) is 12.4 Å². The molecule has 0 heterocycles. The summed E-state index contributed by atoms with van der Waals surface area (Å²) in [6.45, 7) is 1.75. The van der Waals surface area contributed by atoms with E-state index in [9.17, 15) is 9.59 Å². The SMILES string of the molecule is CCC(=O)OC=O.[H-].[Na+]. The van der Waals surface area contributed by atoms with E-state index >= 15 is 0 Å². The summed E-state index contributed by atoms with van der Waals surface area (Å²) in [6.07, 6.45) is 0.249. The molecule has 0 amide bonds. The first-order valence-electron chi connectivity index (χ1n) is 1.94. The van der Waals surface area contributed by atoms with Gasteiger partial charge in [0, 0.05) is 6.42 Å². The molecule has 0 aliphatic carbocycles. The molecule has 0 fully saturated rings. The molecule has 0 saturated heterocycles. The zero-order valence-corrected chi connectivity index (χ0v) is 7.01. The molecule has 0 saturated carbocycles. The Hall–Kier alpha value is 0.140. The van der Waals surface area contributed by atoms with Gasteiger partial charge in [-0.1, -0.05) is 6.92 Å². The van der Waals surface area contributed by atoms with Crippen molar-refractivity contribution in [1.82, 2.24) is 0 Å². The molecule has 3 nitrogen and oxygen atoms in total. The van der Waals surface area contributed by atoms with Gasteiger partial charge in [-0.3, -0.25) is 9.59 Å². The summed E-state index contributed by atoms with van der Waals surface area (Å²) in [6, 6.07) is 0. The maximum Gasteiger partial charge on any atom is 1.00 e. The molecule has 0 N–H and O–H groups in total. The van der Waals surface area contributed by atoms with Crippen molar-refractivity contribution in [2.75, 3.05) is 0 Å². The van der Waals surface area contributed by atoms with Crippen LogP contribution in [0.2, 0.25) is 0 Å². The minimum absolute atomic E-state index is 0. The van der Waals surface area contributed by atoms with E-state index in [1.54, 1.807) is 6.92 Å². The van der Waals surface area contributed by atoms with E-state index in [4.69, 9.17) is 0 Å². The van der Waals surface area contributed by atoms with Crippen molar-refractivity contribution in [3.05, 3.63) is 0 Å². The van der Waals surface area contributed by atoms with E-state index in [1.807, 2.05) is 0 Å². The topological polar surface area (TPSA) is 43.4 Å². The Morgan fingerprint density at radius 3 is 2.50 bits per heavy atom. The number of carbonyl (C=O) groups is 2. The van der Waals surface area contributed by atoms with Crippen LogP contribution in [0, 0.1) is 0 Å². The maximum absolute atomic E-state index is 9.96. The average Bonchev–Trinajstić information content (AvgIpc) is 1.68. The predicted octanol–water partition coefficient (Wildman–Crippen LogP) is -2.79. The van der Waals surface area contributed by atoms with Gasteiger partial charge in [-0.2, -0.15) is 0 Å². The number of hydrogen-bond donors (Lipinski definition) is 0. The Balaban J connectivity index is -0.000000180. The second-order valence-electron chi connectivity index (χ2n) is 0.940. The van der Waals surface area contributed by atoms with Crippen molar-refractivity contribution in [1.29, 1.82) is 0 Å². The van der Waals surface area contributed by atoms with Crippen LogP contribution in [0.3, 0.4) is 0 Å². The van der Waals surface area contributed by atoms with Gasteiger partial charge in [0.15, 0.2) is 0 Å². The number of rotatable bonds is 2. The van der Waals surface area contributed by atoms with Crippen LogP contribution in [0.5, 0.6) is 0 Å². The van der Waals surface area contributed by atoms with Crippen molar-refractivity contribution < 1.29 is 45.3 Å². The molecule has 42 valence electrons. The molecule has 0 aliphatic heterocycles. The number of ether oxygens (including phenoxy) is 1. The van der Waals surface area contributed by atoms with Crippen LogP contribution in [0.1, 0.15) is 14.8 Å². The van der Waals surface area contributed by atoms with Gasteiger partial charge in [0.2, 0.25) is 0 Å². The monoisotopic (exact) mass is 126 g/mol. The van der Waals surface area contributed by atoms with Crippen molar-refractivity contribution in [2.45, 2.75) is 13.3 Å². The third-order valence-corrected chi connectivity index (χ3v) is 0.468. The van der Waals surface area contributed by atoms with Crippen LogP contribution in [-0.2, 0) is 14.3 Å². The largest absolute Gasteiger partial charge is 1.00 e. The van der Waals surface area contributed by atoms with Crippen LogP contribution < -0.4 is 29.6 Å². The van der Waals surface area contributed by atoms with Crippen molar-refractivity contribution >= 4 is 12.4 Å². The zero-order chi connectivity index (χ0) is 5.70. The fourth-order valence-electron chi connectivity index (χ4n) is 0.137. The summed E-state index contributed by atoms with van der Waals surface area (Å²) in [5.41, 5.74) is 0. The predicted molar refractivity (Wildman–Crippen MR) is 23.6 cm³/mol. The molecule has 0 unspecified atom stereocenters. The molecule has 0 rings (SSSR count). The maximum atomic E-state index is 9.96. The van der Waals surface area contributed by atoms with Gasteiger partial charge in [-0.15, -0.1) is 0 Å². The van der Waals surface area contributed by atoms with Crippen LogP contribution in [0.25, 0.3) is 0 Å². The summed E-state index contributed by atoms with van der Waals surface area (Å²) in [4.78, 5) is 19.3. The first kappa shape index (κ1) is 11.0. The minimum atomic E-state index is -0.491. The van der Waals surface area contributed by atoms with E-state index < -0.39 is 5.97 Å². The van der Waals surface area contributed by atoms with E-state index in [0.29, 0.717) is 0 Å². The van der Waals surface area contributed by atoms with E-state index in [-0.39, 0.29) is 43.9 Å². The van der Waals surface area contributed by atoms with Crippen LogP contribution in [0.4, 0.5) is 0 Å². The second-order valence-corrected chi connectivity index (χ2v) is 0.940. The normalized spacial score (nSPS) is 6.62. The molecule has 8 heavy (non-hydrogen) atoms. The van der Waals surface area contributed by atoms with Gasteiger partial charge >= 0.3 is 42.0 Å². The molecule has 0 aromatic heterocycles. The van der Waals surface area contributed by atoms with E-state index in [2.05, 4.69) is 4.74 Å². The zero-order valence-electron chi connectivity index (χ0n) is 6.01. The number of esters is 1. The van der Waals surface area contributed by atoms with Crippen molar-refractivity contribution in [3.63, 3.8) is 0 Å². The second kappa shape index (κ2) is 7.14. The Kier molecular flexibility index (Phi) is 9.82. The Morgan fingerprint density at radius 2 is 2.38 bits per heavy atom. The molecule has 0 aromatic rings. The van der Waals surface area contributed by atoms with E-state index in [1.165, 1.54) is 0 Å². The summed E-state index contributed by atoms with van der Waals surface area (Å²) in [5, 5.41) is 0. The summed E-state index contributed by atoms with van der Waals surface area (Å²) < 4.78 is 3.87. The van der Waals surface area contributed by atoms with Crippen LogP contribution in [0.15, 0.2) is 0 Å². The summed E-state index contributed by atoms with van der Waals surface area (Å²) in [7, 11) is 0. The first-order valence-corrected chi connectivity index (χ1v) is 1.94. The number of hydrogen-bond acceptors (Lipinski definition) is 3. The Morgan fingerprint density at radius 1 is 1.88 bits per heavy atom. The summed E-state index contributed by atoms with van der Waals surface area (Å²) in [5.74, 6) is -0.491. The standard InChI is InChI=1S/C4H6O3.Na.H/c1-2-4(6)7-3-5;;/h3H,2H2,1H3;;/q;+1;-1. The minimum Gasteiger partial charge on any atom is -1.00 e. The molecular weight excluding hydrogens is 119 g/mol. The van der Waals surface area contributed by atoms with Gasteiger partial charge in [-0.05, 0) is 0 Å². The molecule has 0 spiro atoms. The van der Waals surface area contributed by atoms with E-state index in [0.717, 1.165) is 0 Å². The van der Waals surface area contributed by atoms with Gasteiger partial charge in [-0.25, -0.2) is 0 Å². The van der Waals surface area contributed by atoms with Crippen LogP contribution >= 0.6 is 0 Å². The smallest absolute Gasteiger partial charge is 1.00 e. The van der Waals surface area contributed by atoms with Gasteiger partial charge in [0.25, 0.3) is 0 Å². The Labute approximate surface area is 71.2 Å².